The Bertz CT molecular complexity index is 679. The molecule has 2 atom stereocenters. The molecule has 0 radical (unpaired) electrons. The molecule has 1 N–H and O–H groups in total. The Balaban J connectivity index is 2.25. The summed E-state index contributed by atoms with van der Waals surface area (Å²) in [4.78, 5) is 23.8. The highest BCUT2D eigenvalue weighted by molar-refractivity contribution is 6.32. The van der Waals surface area contributed by atoms with Crippen molar-refractivity contribution in [2.75, 3.05) is 0 Å². The van der Waals surface area contributed by atoms with Crippen molar-refractivity contribution in [2.24, 2.45) is 10.8 Å². The van der Waals surface area contributed by atoms with Gasteiger partial charge in [0.1, 0.15) is 0 Å². The van der Waals surface area contributed by atoms with Crippen LogP contribution >= 0.6 is 11.6 Å². The van der Waals surface area contributed by atoms with E-state index in [0.717, 1.165) is 0 Å². The van der Waals surface area contributed by atoms with E-state index in [1.54, 1.807) is 24.3 Å². The number of fused-ring (bicyclic) bond motifs is 1. The fourth-order valence-corrected chi connectivity index (χ4v) is 3.22. The number of nitrogens with one attached hydrogen (secondary N) is 1. The molecule has 1 heterocycles. The third-order valence-corrected chi connectivity index (χ3v) is 4.26. The second-order valence-corrected chi connectivity index (χ2v) is 4.98. The van der Waals surface area contributed by atoms with E-state index in [0.29, 0.717) is 10.6 Å². The van der Waals surface area contributed by atoms with Gasteiger partial charge in [-0.1, -0.05) is 29.8 Å². The molecular formula is C13H6ClN3O2. The fourth-order valence-electron chi connectivity index (χ4n) is 2.98. The molecule has 1 aliphatic heterocycles. The van der Waals surface area contributed by atoms with Crippen LogP contribution in [0.2, 0.25) is 5.02 Å². The number of rotatable bonds is 1. The van der Waals surface area contributed by atoms with Crippen molar-refractivity contribution in [3.8, 4) is 12.1 Å². The molecule has 6 heteroatoms. The number of nitrogens with zero attached hydrogens (tertiary/aromatic N) is 2. The number of halogens is 1. The predicted octanol–water partition coefficient (Wildman–Crippen LogP) is 1.11. The molecule has 0 aromatic heterocycles. The van der Waals surface area contributed by atoms with Gasteiger partial charge in [0.05, 0.1) is 12.1 Å². The van der Waals surface area contributed by atoms with E-state index in [1.807, 2.05) is 12.1 Å². The number of hydrogen-bond acceptors (Lipinski definition) is 4. The first-order valence-corrected chi connectivity index (χ1v) is 5.87. The van der Waals surface area contributed by atoms with Crippen molar-refractivity contribution < 1.29 is 9.59 Å². The molecule has 1 saturated carbocycles. The van der Waals surface area contributed by atoms with Gasteiger partial charge in [0.25, 0.3) is 0 Å². The second kappa shape index (κ2) is 3.34. The molecule has 2 fully saturated rings. The molecule has 3 rings (SSSR count). The molecular weight excluding hydrogens is 266 g/mol. The monoisotopic (exact) mass is 271 g/mol. The smallest absolute Gasteiger partial charge is 0.250 e. The standard InChI is InChI=1S/C13H6ClN3O2/c14-8-4-2-1-3-7(8)9-12(5-15)10(18)17-11(19)13(9,12)6-16/h1-4,9H,(H,17,18,19)/t12-,13-/m0/s1. The van der Waals surface area contributed by atoms with Gasteiger partial charge in [0, 0.05) is 10.9 Å². The highest BCUT2D eigenvalue weighted by Crippen LogP contribution is 2.76. The summed E-state index contributed by atoms with van der Waals surface area (Å²) in [6, 6.07) is 10.3. The number of nitriles is 2. The Morgan fingerprint density at radius 3 is 2.11 bits per heavy atom. The molecule has 2 amide bonds. The van der Waals surface area contributed by atoms with Crippen LogP contribution in [0.25, 0.3) is 0 Å². The lowest BCUT2D eigenvalue weighted by atomic mass is 9.98. The van der Waals surface area contributed by atoms with E-state index in [1.165, 1.54) is 0 Å². The predicted molar refractivity (Wildman–Crippen MR) is 63.4 cm³/mol. The van der Waals surface area contributed by atoms with Crippen LogP contribution in [0.1, 0.15) is 11.5 Å². The van der Waals surface area contributed by atoms with Gasteiger partial charge in [0.2, 0.25) is 11.8 Å². The lowest BCUT2D eigenvalue weighted by molar-refractivity contribution is -0.128. The highest BCUT2D eigenvalue weighted by atomic mass is 35.5. The Morgan fingerprint density at radius 2 is 1.63 bits per heavy atom. The van der Waals surface area contributed by atoms with Crippen LogP contribution in [0.3, 0.4) is 0 Å². The fraction of sp³-hybridized carbons (Fsp3) is 0.231. The normalized spacial score (nSPS) is 35.0. The van der Waals surface area contributed by atoms with Crippen LogP contribution in [0.4, 0.5) is 0 Å². The molecule has 0 spiro atoms. The van der Waals surface area contributed by atoms with Gasteiger partial charge in [-0.05, 0) is 11.6 Å². The van der Waals surface area contributed by atoms with E-state index in [2.05, 4.69) is 5.32 Å². The highest BCUT2D eigenvalue weighted by Gasteiger charge is 2.91. The Kier molecular flexibility index (Phi) is 2.06. The van der Waals surface area contributed by atoms with E-state index in [9.17, 15) is 20.1 Å². The Morgan fingerprint density at radius 1 is 1.11 bits per heavy atom. The van der Waals surface area contributed by atoms with E-state index in [4.69, 9.17) is 11.6 Å². The summed E-state index contributed by atoms with van der Waals surface area (Å²) in [6.07, 6.45) is 0. The molecule has 19 heavy (non-hydrogen) atoms. The molecule has 92 valence electrons. The van der Waals surface area contributed by atoms with E-state index >= 15 is 0 Å². The van der Waals surface area contributed by atoms with Gasteiger partial charge in [-0.15, -0.1) is 0 Å². The van der Waals surface area contributed by atoms with Crippen molar-refractivity contribution in [2.45, 2.75) is 5.92 Å². The molecule has 1 saturated heterocycles. The summed E-state index contributed by atoms with van der Waals surface area (Å²) in [5, 5.41) is 21.0. The lowest BCUT2D eigenvalue weighted by Crippen LogP contribution is -2.31. The summed E-state index contributed by atoms with van der Waals surface area (Å²) in [7, 11) is 0. The topological polar surface area (TPSA) is 93.8 Å². The van der Waals surface area contributed by atoms with Crippen molar-refractivity contribution >= 4 is 23.4 Å². The average molecular weight is 272 g/mol. The number of benzene rings is 1. The van der Waals surface area contributed by atoms with Crippen molar-refractivity contribution in [3.05, 3.63) is 34.9 Å². The number of amides is 2. The van der Waals surface area contributed by atoms with Crippen LogP contribution in [0, 0.1) is 33.5 Å². The average Bonchev–Trinajstić information content (AvgIpc) is 2.96. The molecule has 0 bridgehead atoms. The summed E-state index contributed by atoms with van der Waals surface area (Å²) in [6.45, 7) is 0. The van der Waals surface area contributed by atoms with Crippen LogP contribution in [0.5, 0.6) is 0 Å². The van der Waals surface area contributed by atoms with Gasteiger partial charge in [0.15, 0.2) is 10.8 Å². The molecule has 1 aliphatic carbocycles. The van der Waals surface area contributed by atoms with E-state index < -0.39 is 28.6 Å². The van der Waals surface area contributed by atoms with Gasteiger partial charge >= 0.3 is 0 Å². The quantitative estimate of drug-likeness (QED) is 0.774. The number of carbonyl (C=O) groups is 2. The maximum absolute atomic E-state index is 11.9. The zero-order valence-electron chi connectivity index (χ0n) is 9.48. The molecule has 5 nitrogen and oxygen atoms in total. The summed E-state index contributed by atoms with van der Waals surface area (Å²) >= 11 is 6.04. The largest absolute Gasteiger partial charge is 0.293 e. The first kappa shape index (κ1) is 11.7. The minimum Gasteiger partial charge on any atom is -0.293 e. The zero-order valence-corrected chi connectivity index (χ0v) is 10.2. The number of piperidine rings is 1. The van der Waals surface area contributed by atoms with E-state index in [-0.39, 0.29) is 0 Å². The lowest BCUT2D eigenvalue weighted by Gasteiger charge is -2.08. The summed E-state index contributed by atoms with van der Waals surface area (Å²) in [5.41, 5.74) is -2.82. The second-order valence-electron chi connectivity index (χ2n) is 4.58. The third-order valence-electron chi connectivity index (χ3n) is 3.92. The maximum Gasteiger partial charge on any atom is 0.250 e. The maximum atomic E-state index is 11.9. The number of carbonyl (C=O) groups excluding carboxylic acids is 2. The molecule has 2 aliphatic rings. The Labute approximate surface area is 113 Å². The summed E-state index contributed by atoms with van der Waals surface area (Å²) < 4.78 is 0. The van der Waals surface area contributed by atoms with Crippen molar-refractivity contribution in [1.82, 2.24) is 5.32 Å². The van der Waals surface area contributed by atoms with Gasteiger partial charge in [-0.3, -0.25) is 14.9 Å². The van der Waals surface area contributed by atoms with Gasteiger partial charge in [-0.25, -0.2) is 0 Å². The minimum absolute atomic E-state index is 0.340. The molecule has 0 unspecified atom stereocenters. The van der Waals surface area contributed by atoms with Gasteiger partial charge < -0.3 is 0 Å². The first-order chi connectivity index (χ1) is 9.06. The SMILES string of the molecule is N#C[C@]12C(=O)NC(=O)[C@]1(C#N)C2c1ccccc1Cl. The minimum atomic E-state index is -1.65. The van der Waals surface area contributed by atoms with Gasteiger partial charge in [-0.2, -0.15) is 10.5 Å². The number of hydrogen-bond donors (Lipinski definition) is 1. The van der Waals surface area contributed by atoms with Crippen LogP contribution in [-0.4, -0.2) is 11.8 Å². The van der Waals surface area contributed by atoms with Crippen molar-refractivity contribution in [3.63, 3.8) is 0 Å². The Hall–Kier alpha value is -2.37. The molecule has 1 aromatic carbocycles. The van der Waals surface area contributed by atoms with Crippen LogP contribution in [0.15, 0.2) is 24.3 Å². The van der Waals surface area contributed by atoms with Crippen LogP contribution < -0.4 is 5.32 Å². The first-order valence-electron chi connectivity index (χ1n) is 5.49. The summed E-state index contributed by atoms with van der Waals surface area (Å²) in [5.74, 6) is -2.23. The van der Waals surface area contributed by atoms with Crippen molar-refractivity contribution in [1.29, 1.82) is 10.5 Å². The number of imide groups is 1. The third kappa shape index (κ3) is 1.01. The van der Waals surface area contributed by atoms with Crippen LogP contribution in [-0.2, 0) is 9.59 Å². The molecule has 1 aromatic rings. The zero-order chi connectivity index (χ0) is 13.8.